The number of nitrogens with zero attached hydrogens (tertiary/aromatic N) is 3. The molecule has 4 nitrogen and oxygen atoms in total. The molecule has 0 aliphatic heterocycles. The van der Waals surface area contributed by atoms with Gasteiger partial charge in [-0.2, -0.15) is 5.10 Å². The normalized spacial score (nSPS) is 18.0. The van der Waals surface area contributed by atoms with Crippen LogP contribution >= 0.6 is 0 Å². The second-order valence-electron chi connectivity index (χ2n) is 4.57. The van der Waals surface area contributed by atoms with E-state index in [1.165, 1.54) is 32.1 Å². The Hall–Kier alpha value is -1.58. The molecule has 0 unspecified atom stereocenters. The third kappa shape index (κ3) is 1.64. The maximum absolute atomic E-state index is 5.73. The molecule has 0 spiro atoms. The van der Waals surface area contributed by atoms with E-state index in [1.807, 2.05) is 22.8 Å². The van der Waals surface area contributed by atoms with Crippen molar-refractivity contribution in [1.82, 2.24) is 14.6 Å². The first-order valence-corrected chi connectivity index (χ1v) is 5.95. The Kier molecular flexibility index (Phi) is 2.27. The summed E-state index contributed by atoms with van der Waals surface area (Å²) < 4.78 is 1.82. The number of hydrogen-bond donors (Lipinski definition) is 1. The Bertz CT molecular complexity index is 497. The average Bonchev–Trinajstić information content (AvgIpc) is 2.73. The highest BCUT2D eigenvalue weighted by atomic mass is 15.3. The van der Waals surface area contributed by atoms with Gasteiger partial charge in [0.1, 0.15) is 0 Å². The van der Waals surface area contributed by atoms with Gasteiger partial charge in [0.05, 0.1) is 0 Å². The standard InChI is InChI=1S/C12H16N4/c13-10-6-7-16-11(8-10)14-12(15-16)9-4-2-1-3-5-9/h6-9H,1-5,13H2. The lowest BCUT2D eigenvalue weighted by molar-refractivity contribution is 0.429. The van der Waals surface area contributed by atoms with Crippen LogP contribution in [0, 0.1) is 0 Å². The van der Waals surface area contributed by atoms with Gasteiger partial charge in [-0.3, -0.25) is 0 Å². The minimum atomic E-state index is 0.551. The molecular weight excluding hydrogens is 200 g/mol. The highest BCUT2D eigenvalue weighted by molar-refractivity contribution is 5.50. The van der Waals surface area contributed by atoms with Crippen molar-refractivity contribution in [3.05, 3.63) is 24.2 Å². The van der Waals surface area contributed by atoms with Crippen molar-refractivity contribution in [3.63, 3.8) is 0 Å². The van der Waals surface area contributed by atoms with E-state index in [9.17, 15) is 0 Å². The Balaban J connectivity index is 1.97. The van der Waals surface area contributed by atoms with E-state index in [-0.39, 0.29) is 0 Å². The van der Waals surface area contributed by atoms with Crippen molar-refractivity contribution < 1.29 is 0 Å². The molecule has 0 radical (unpaired) electrons. The minimum Gasteiger partial charge on any atom is -0.399 e. The lowest BCUT2D eigenvalue weighted by Crippen LogP contribution is -2.06. The molecule has 2 aromatic rings. The van der Waals surface area contributed by atoms with Crippen LogP contribution in [0.3, 0.4) is 0 Å². The van der Waals surface area contributed by atoms with E-state index in [4.69, 9.17) is 5.73 Å². The molecule has 16 heavy (non-hydrogen) atoms. The van der Waals surface area contributed by atoms with Crippen molar-refractivity contribution in [2.24, 2.45) is 0 Å². The summed E-state index contributed by atoms with van der Waals surface area (Å²) in [4.78, 5) is 4.57. The molecule has 1 aliphatic rings. The largest absolute Gasteiger partial charge is 0.399 e. The number of pyridine rings is 1. The number of rotatable bonds is 1. The molecule has 2 N–H and O–H groups in total. The maximum Gasteiger partial charge on any atom is 0.157 e. The van der Waals surface area contributed by atoms with Crippen LogP contribution in [-0.2, 0) is 0 Å². The van der Waals surface area contributed by atoms with E-state index in [2.05, 4.69) is 10.1 Å². The Labute approximate surface area is 94.5 Å². The maximum atomic E-state index is 5.73. The van der Waals surface area contributed by atoms with Gasteiger partial charge in [-0.1, -0.05) is 19.3 Å². The SMILES string of the molecule is Nc1ccn2nc(C3CCCCC3)nc2c1. The van der Waals surface area contributed by atoms with Crippen LogP contribution in [0.2, 0.25) is 0 Å². The van der Waals surface area contributed by atoms with Crippen molar-refractivity contribution in [1.29, 1.82) is 0 Å². The molecule has 0 saturated heterocycles. The van der Waals surface area contributed by atoms with Gasteiger partial charge in [0.15, 0.2) is 11.5 Å². The molecule has 0 bridgehead atoms. The van der Waals surface area contributed by atoms with E-state index in [0.29, 0.717) is 5.92 Å². The van der Waals surface area contributed by atoms with Crippen molar-refractivity contribution in [3.8, 4) is 0 Å². The fourth-order valence-corrected chi connectivity index (χ4v) is 2.45. The lowest BCUT2D eigenvalue weighted by Gasteiger charge is -2.17. The van der Waals surface area contributed by atoms with Gasteiger partial charge in [-0.25, -0.2) is 9.50 Å². The summed E-state index contributed by atoms with van der Waals surface area (Å²) in [6.45, 7) is 0. The van der Waals surface area contributed by atoms with Crippen molar-refractivity contribution in [2.75, 3.05) is 5.73 Å². The average molecular weight is 216 g/mol. The van der Waals surface area contributed by atoms with E-state index in [0.717, 1.165) is 17.2 Å². The topological polar surface area (TPSA) is 56.2 Å². The molecule has 2 heterocycles. The zero-order chi connectivity index (χ0) is 11.0. The van der Waals surface area contributed by atoms with E-state index >= 15 is 0 Å². The van der Waals surface area contributed by atoms with Gasteiger partial charge in [-0.15, -0.1) is 0 Å². The van der Waals surface area contributed by atoms with Gasteiger partial charge in [0.25, 0.3) is 0 Å². The van der Waals surface area contributed by atoms with Gasteiger partial charge in [0.2, 0.25) is 0 Å². The number of aromatic nitrogens is 3. The third-order valence-corrected chi connectivity index (χ3v) is 3.35. The molecule has 4 heteroatoms. The molecule has 0 atom stereocenters. The lowest BCUT2D eigenvalue weighted by atomic mass is 9.89. The summed E-state index contributed by atoms with van der Waals surface area (Å²) in [5, 5.41) is 4.53. The number of nitrogens with two attached hydrogens (primary N) is 1. The van der Waals surface area contributed by atoms with E-state index in [1.54, 1.807) is 0 Å². The molecule has 0 amide bonds. The molecule has 3 rings (SSSR count). The fraction of sp³-hybridized carbons (Fsp3) is 0.500. The summed E-state index contributed by atoms with van der Waals surface area (Å²) in [6, 6.07) is 3.73. The number of anilines is 1. The molecule has 1 aliphatic carbocycles. The second-order valence-corrected chi connectivity index (χ2v) is 4.57. The quantitative estimate of drug-likeness (QED) is 0.796. The molecular formula is C12H16N4. The molecule has 2 aromatic heterocycles. The van der Waals surface area contributed by atoms with E-state index < -0.39 is 0 Å². The third-order valence-electron chi connectivity index (χ3n) is 3.35. The van der Waals surface area contributed by atoms with Gasteiger partial charge < -0.3 is 5.73 Å². The highest BCUT2D eigenvalue weighted by Crippen LogP contribution is 2.30. The minimum absolute atomic E-state index is 0.551. The summed E-state index contributed by atoms with van der Waals surface area (Å²) in [6.07, 6.45) is 8.31. The fourth-order valence-electron chi connectivity index (χ4n) is 2.45. The first-order chi connectivity index (χ1) is 7.83. The smallest absolute Gasteiger partial charge is 0.157 e. The Morgan fingerprint density at radius 1 is 1.25 bits per heavy atom. The van der Waals surface area contributed by atoms with Crippen LogP contribution in [-0.4, -0.2) is 14.6 Å². The molecule has 0 aromatic carbocycles. The van der Waals surface area contributed by atoms with Crippen LogP contribution in [0.1, 0.15) is 43.8 Å². The summed E-state index contributed by atoms with van der Waals surface area (Å²) in [7, 11) is 0. The summed E-state index contributed by atoms with van der Waals surface area (Å²) >= 11 is 0. The van der Waals surface area contributed by atoms with Crippen LogP contribution in [0.25, 0.3) is 5.65 Å². The van der Waals surface area contributed by atoms with Crippen LogP contribution in [0.5, 0.6) is 0 Å². The van der Waals surface area contributed by atoms with Crippen LogP contribution in [0.15, 0.2) is 18.3 Å². The predicted octanol–water partition coefficient (Wildman–Crippen LogP) is 2.36. The number of hydrogen-bond acceptors (Lipinski definition) is 3. The number of fused-ring (bicyclic) bond motifs is 1. The van der Waals surface area contributed by atoms with Gasteiger partial charge in [-0.05, 0) is 18.9 Å². The Morgan fingerprint density at radius 2 is 2.06 bits per heavy atom. The van der Waals surface area contributed by atoms with Crippen molar-refractivity contribution in [2.45, 2.75) is 38.0 Å². The van der Waals surface area contributed by atoms with Gasteiger partial charge in [0, 0.05) is 23.9 Å². The summed E-state index contributed by atoms with van der Waals surface area (Å²) in [5.41, 5.74) is 7.34. The summed E-state index contributed by atoms with van der Waals surface area (Å²) in [5.74, 6) is 1.54. The molecule has 1 saturated carbocycles. The second kappa shape index (κ2) is 3.77. The number of nitrogen functional groups attached to an aromatic ring is 1. The van der Waals surface area contributed by atoms with Gasteiger partial charge >= 0.3 is 0 Å². The predicted molar refractivity (Wildman–Crippen MR) is 63.2 cm³/mol. The molecule has 84 valence electrons. The van der Waals surface area contributed by atoms with Crippen molar-refractivity contribution >= 4 is 11.3 Å². The van der Waals surface area contributed by atoms with Crippen LogP contribution in [0.4, 0.5) is 5.69 Å². The molecule has 1 fully saturated rings. The monoisotopic (exact) mass is 216 g/mol. The zero-order valence-corrected chi connectivity index (χ0v) is 9.26. The first kappa shape index (κ1) is 9.63. The first-order valence-electron chi connectivity index (χ1n) is 5.95. The zero-order valence-electron chi connectivity index (χ0n) is 9.26. The Morgan fingerprint density at radius 3 is 2.88 bits per heavy atom. The van der Waals surface area contributed by atoms with Crippen LogP contribution < -0.4 is 5.73 Å². The highest BCUT2D eigenvalue weighted by Gasteiger charge is 2.19.